The first kappa shape index (κ1) is 10.9. The van der Waals surface area contributed by atoms with E-state index in [1.165, 1.54) is 6.42 Å². The Hall–Kier alpha value is -0.570. The van der Waals surface area contributed by atoms with E-state index >= 15 is 0 Å². The molecule has 2 fully saturated rings. The van der Waals surface area contributed by atoms with Crippen LogP contribution >= 0.6 is 0 Å². The molecule has 1 heterocycles. The van der Waals surface area contributed by atoms with E-state index in [1.54, 1.807) is 0 Å². The zero-order valence-corrected chi connectivity index (χ0v) is 9.83. The lowest BCUT2D eigenvalue weighted by molar-refractivity contribution is -0.141. The number of likely N-dealkylation sites (tertiary alicyclic amines) is 1. The van der Waals surface area contributed by atoms with Crippen molar-refractivity contribution in [3.8, 4) is 0 Å². The van der Waals surface area contributed by atoms with Crippen molar-refractivity contribution in [3.63, 3.8) is 0 Å². The van der Waals surface area contributed by atoms with Crippen molar-refractivity contribution >= 4 is 5.91 Å². The molecule has 0 aromatic carbocycles. The zero-order valence-electron chi connectivity index (χ0n) is 9.83. The molecule has 0 bridgehead atoms. The summed E-state index contributed by atoms with van der Waals surface area (Å²) in [4.78, 5) is 14.1. The smallest absolute Gasteiger partial charge is 0.225 e. The van der Waals surface area contributed by atoms with Gasteiger partial charge in [-0.15, -0.1) is 0 Å². The molecule has 2 aliphatic rings. The van der Waals surface area contributed by atoms with Crippen molar-refractivity contribution in [1.29, 1.82) is 0 Å². The van der Waals surface area contributed by atoms with Gasteiger partial charge in [0.15, 0.2) is 0 Å². The Labute approximate surface area is 92.0 Å². The van der Waals surface area contributed by atoms with Crippen LogP contribution in [0.2, 0.25) is 0 Å². The third kappa shape index (κ3) is 2.03. The van der Waals surface area contributed by atoms with Gasteiger partial charge in [0.1, 0.15) is 0 Å². The molecule has 1 unspecified atom stereocenters. The molecular weight excluding hydrogens is 188 g/mol. The van der Waals surface area contributed by atoms with Crippen molar-refractivity contribution in [1.82, 2.24) is 4.90 Å². The van der Waals surface area contributed by atoms with Gasteiger partial charge in [0.05, 0.1) is 0 Å². The van der Waals surface area contributed by atoms with Gasteiger partial charge in [-0.3, -0.25) is 4.79 Å². The Kier molecular flexibility index (Phi) is 2.75. The maximum absolute atomic E-state index is 12.1. The first-order chi connectivity index (χ1) is 7.00. The van der Waals surface area contributed by atoms with Gasteiger partial charge in [0, 0.05) is 25.0 Å². The SMILES string of the molecule is CC1(C)CN(C(=O)C2CCC2)CCC1N. The molecule has 86 valence electrons. The highest BCUT2D eigenvalue weighted by atomic mass is 16.2. The highest BCUT2D eigenvalue weighted by molar-refractivity contribution is 5.79. The Morgan fingerprint density at radius 2 is 2.00 bits per heavy atom. The molecule has 1 aliphatic carbocycles. The van der Waals surface area contributed by atoms with Crippen molar-refractivity contribution < 1.29 is 4.79 Å². The van der Waals surface area contributed by atoms with Crippen LogP contribution in [0, 0.1) is 11.3 Å². The summed E-state index contributed by atoms with van der Waals surface area (Å²) < 4.78 is 0. The van der Waals surface area contributed by atoms with Crippen LogP contribution in [0.3, 0.4) is 0 Å². The van der Waals surface area contributed by atoms with Crippen LogP contribution in [0.15, 0.2) is 0 Å². The standard InChI is InChI=1S/C12H22N2O/c1-12(2)8-14(7-6-10(12)13)11(15)9-4-3-5-9/h9-10H,3-8,13H2,1-2H3. The van der Waals surface area contributed by atoms with E-state index in [9.17, 15) is 4.79 Å². The van der Waals surface area contributed by atoms with Gasteiger partial charge < -0.3 is 10.6 Å². The van der Waals surface area contributed by atoms with Crippen LogP contribution in [0.25, 0.3) is 0 Å². The molecule has 0 radical (unpaired) electrons. The normalized spacial score (nSPS) is 31.1. The molecule has 1 atom stereocenters. The molecule has 3 heteroatoms. The maximum atomic E-state index is 12.1. The van der Waals surface area contributed by atoms with Crippen molar-refractivity contribution in [2.75, 3.05) is 13.1 Å². The molecule has 0 aromatic heterocycles. The fourth-order valence-corrected chi connectivity index (χ4v) is 2.48. The van der Waals surface area contributed by atoms with Gasteiger partial charge in [0.2, 0.25) is 5.91 Å². The van der Waals surface area contributed by atoms with Gasteiger partial charge in [-0.1, -0.05) is 20.3 Å². The number of nitrogens with two attached hydrogens (primary N) is 1. The van der Waals surface area contributed by atoms with E-state index in [0.29, 0.717) is 11.8 Å². The number of hydrogen-bond acceptors (Lipinski definition) is 2. The summed E-state index contributed by atoms with van der Waals surface area (Å²) >= 11 is 0. The maximum Gasteiger partial charge on any atom is 0.225 e. The minimum atomic E-state index is 0.0810. The minimum Gasteiger partial charge on any atom is -0.342 e. The second kappa shape index (κ2) is 3.78. The van der Waals surface area contributed by atoms with Gasteiger partial charge in [-0.2, -0.15) is 0 Å². The summed E-state index contributed by atoms with van der Waals surface area (Å²) in [7, 11) is 0. The molecule has 1 amide bonds. The molecule has 1 saturated heterocycles. The van der Waals surface area contributed by atoms with Crippen molar-refractivity contribution in [2.24, 2.45) is 17.1 Å². The highest BCUT2D eigenvalue weighted by Crippen LogP contribution is 2.33. The summed E-state index contributed by atoms with van der Waals surface area (Å²) in [6.45, 7) is 6.03. The first-order valence-corrected chi connectivity index (χ1v) is 6.05. The Morgan fingerprint density at radius 1 is 1.33 bits per heavy atom. The summed E-state index contributed by atoms with van der Waals surface area (Å²) in [6.07, 6.45) is 4.38. The van der Waals surface area contributed by atoms with Gasteiger partial charge in [-0.05, 0) is 24.7 Å². The molecule has 2 N–H and O–H groups in total. The highest BCUT2D eigenvalue weighted by Gasteiger charge is 2.38. The van der Waals surface area contributed by atoms with Crippen LogP contribution in [0.5, 0.6) is 0 Å². The van der Waals surface area contributed by atoms with Crippen molar-refractivity contribution in [2.45, 2.75) is 45.6 Å². The predicted molar refractivity (Wildman–Crippen MR) is 60.3 cm³/mol. The number of amides is 1. The summed E-state index contributed by atoms with van der Waals surface area (Å²) in [5.41, 5.74) is 6.14. The Morgan fingerprint density at radius 3 is 2.47 bits per heavy atom. The van der Waals surface area contributed by atoms with E-state index in [2.05, 4.69) is 13.8 Å². The minimum absolute atomic E-state index is 0.0810. The summed E-state index contributed by atoms with van der Waals surface area (Å²) in [5, 5.41) is 0. The predicted octanol–water partition coefficient (Wildman–Crippen LogP) is 1.37. The van der Waals surface area contributed by atoms with Crippen molar-refractivity contribution in [3.05, 3.63) is 0 Å². The number of hydrogen-bond donors (Lipinski definition) is 1. The third-order valence-electron chi connectivity index (χ3n) is 4.08. The molecule has 1 saturated carbocycles. The largest absolute Gasteiger partial charge is 0.342 e. The van der Waals surface area contributed by atoms with E-state index in [1.807, 2.05) is 4.90 Å². The average molecular weight is 210 g/mol. The molecule has 0 spiro atoms. The van der Waals surface area contributed by atoms with E-state index < -0.39 is 0 Å². The van der Waals surface area contributed by atoms with E-state index in [4.69, 9.17) is 5.73 Å². The lowest BCUT2D eigenvalue weighted by Gasteiger charge is -2.44. The monoisotopic (exact) mass is 210 g/mol. The molecule has 1 aliphatic heterocycles. The lowest BCUT2D eigenvalue weighted by Crippen LogP contribution is -2.55. The second-order valence-electron chi connectivity index (χ2n) is 5.77. The topological polar surface area (TPSA) is 46.3 Å². The Balaban J connectivity index is 1.96. The van der Waals surface area contributed by atoms with Crippen LogP contribution in [0.1, 0.15) is 39.5 Å². The number of nitrogens with zero attached hydrogens (tertiary/aromatic N) is 1. The molecule has 2 rings (SSSR count). The van der Waals surface area contributed by atoms with Gasteiger partial charge in [-0.25, -0.2) is 0 Å². The molecule has 3 nitrogen and oxygen atoms in total. The van der Waals surface area contributed by atoms with Crippen LogP contribution in [-0.4, -0.2) is 29.9 Å². The van der Waals surface area contributed by atoms with Gasteiger partial charge >= 0.3 is 0 Å². The number of rotatable bonds is 1. The fraction of sp³-hybridized carbons (Fsp3) is 0.917. The molecular formula is C12H22N2O. The summed E-state index contributed by atoms with van der Waals surface area (Å²) in [6, 6.07) is 0.239. The molecule has 15 heavy (non-hydrogen) atoms. The number of piperidine rings is 1. The third-order valence-corrected chi connectivity index (χ3v) is 4.08. The average Bonchev–Trinajstić information content (AvgIpc) is 2.06. The number of carbonyl (C=O) groups excluding carboxylic acids is 1. The number of carbonyl (C=O) groups is 1. The fourth-order valence-electron chi connectivity index (χ4n) is 2.48. The van der Waals surface area contributed by atoms with Crippen LogP contribution in [0.4, 0.5) is 0 Å². The zero-order chi connectivity index (χ0) is 11.1. The van der Waals surface area contributed by atoms with E-state index in [-0.39, 0.29) is 11.5 Å². The molecule has 0 aromatic rings. The Bertz CT molecular complexity index is 258. The summed E-state index contributed by atoms with van der Waals surface area (Å²) in [5.74, 6) is 0.705. The van der Waals surface area contributed by atoms with Gasteiger partial charge in [0.25, 0.3) is 0 Å². The first-order valence-electron chi connectivity index (χ1n) is 6.05. The van der Waals surface area contributed by atoms with Crippen LogP contribution < -0.4 is 5.73 Å². The quantitative estimate of drug-likeness (QED) is 0.710. The van der Waals surface area contributed by atoms with Crippen LogP contribution in [-0.2, 0) is 4.79 Å². The lowest BCUT2D eigenvalue weighted by atomic mass is 9.78. The second-order valence-corrected chi connectivity index (χ2v) is 5.77. The van der Waals surface area contributed by atoms with E-state index in [0.717, 1.165) is 32.4 Å².